The SMILES string of the molecule is CCC(O)CCCCCCC(C)S(=O)(=O)[O-].[K+]. The number of hydrogen-bond donors (Lipinski definition) is 1. The summed E-state index contributed by atoms with van der Waals surface area (Å²) < 4.78 is 31.8. The van der Waals surface area contributed by atoms with E-state index in [2.05, 4.69) is 0 Å². The molecule has 0 aromatic carbocycles. The standard InChI is InChI=1S/C11H24O4S.K/c1-3-11(12)9-7-5-4-6-8-10(2)16(13,14)15;/h10-12H,3-9H2,1-2H3,(H,13,14,15);/q;+1/p-1. The molecule has 0 radical (unpaired) electrons. The van der Waals surface area contributed by atoms with Crippen LogP contribution in [0, 0.1) is 0 Å². The van der Waals surface area contributed by atoms with Crippen LogP contribution < -0.4 is 51.4 Å². The summed E-state index contributed by atoms with van der Waals surface area (Å²) >= 11 is 0. The van der Waals surface area contributed by atoms with Crippen molar-refractivity contribution in [2.24, 2.45) is 0 Å². The van der Waals surface area contributed by atoms with Gasteiger partial charge in [-0.05, 0) is 26.2 Å². The second kappa shape index (κ2) is 11.3. The molecule has 1 N–H and O–H groups in total. The summed E-state index contributed by atoms with van der Waals surface area (Å²) in [4.78, 5) is 0. The summed E-state index contributed by atoms with van der Waals surface area (Å²) in [5.74, 6) is 0. The van der Waals surface area contributed by atoms with Crippen molar-refractivity contribution < 1.29 is 69.5 Å². The minimum absolute atomic E-state index is 0. The monoisotopic (exact) mass is 290 g/mol. The van der Waals surface area contributed by atoms with Gasteiger partial charge < -0.3 is 9.66 Å². The first-order valence-electron chi connectivity index (χ1n) is 6.00. The molecule has 6 heteroatoms. The number of rotatable bonds is 9. The molecule has 0 rings (SSSR count). The predicted octanol–water partition coefficient (Wildman–Crippen LogP) is -0.964. The fourth-order valence-corrected chi connectivity index (χ4v) is 1.97. The molecule has 98 valence electrons. The Labute approximate surface area is 148 Å². The molecule has 0 saturated heterocycles. The minimum atomic E-state index is -4.10. The zero-order chi connectivity index (χ0) is 12.6. The van der Waals surface area contributed by atoms with E-state index in [1.54, 1.807) is 0 Å². The van der Waals surface area contributed by atoms with E-state index in [1.165, 1.54) is 6.92 Å². The van der Waals surface area contributed by atoms with Gasteiger partial charge in [0, 0.05) is 5.25 Å². The minimum Gasteiger partial charge on any atom is -0.748 e. The normalized spacial score (nSPS) is 15.1. The summed E-state index contributed by atoms with van der Waals surface area (Å²) in [7, 11) is -4.10. The van der Waals surface area contributed by atoms with Crippen LogP contribution >= 0.6 is 0 Å². The molecular weight excluding hydrogens is 267 g/mol. The largest absolute Gasteiger partial charge is 1.00 e. The Morgan fingerprint density at radius 2 is 1.59 bits per heavy atom. The van der Waals surface area contributed by atoms with Crippen LogP contribution in [0.5, 0.6) is 0 Å². The Kier molecular flexibility index (Phi) is 13.9. The van der Waals surface area contributed by atoms with E-state index in [0.29, 0.717) is 6.42 Å². The number of aliphatic hydroxyl groups is 1. The summed E-state index contributed by atoms with van der Waals surface area (Å²) in [5.41, 5.74) is 0. The smallest absolute Gasteiger partial charge is 0.748 e. The molecule has 17 heavy (non-hydrogen) atoms. The first kappa shape index (κ1) is 20.8. The van der Waals surface area contributed by atoms with Crippen LogP contribution in [0.15, 0.2) is 0 Å². The topological polar surface area (TPSA) is 77.4 Å². The molecule has 0 aromatic heterocycles. The van der Waals surface area contributed by atoms with Gasteiger partial charge >= 0.3 is 51.4 Å². The van der Waals surface area contributed by atoms with Gasteiger partial charge in [0.1, 0.15) is 0 Å². The average Bonchev–Trinajstić information content (AvgIpc) is 2.20. The Hall–Kier alpha value is 1.51. The van der Waals surface area contributed by atoms with E-state index in [-0.39, 0.29) is 57.5 Å². The van der Waals surface area contributed by atoms with Crippen molar-refractivity contribution in [2.75, 3.05) is 0 Å². The third-order valence-corrected chi connectivity index (χ3v) is 4.08. The van der Waals surface area contributed by atoms with Crippen molar-refractivity contribution in [2.45, 2.75) is 70.1 Å². The zero-order valence-electron chi connectivity index (χ0n) is 11.2. The van der Waals surface area contributed by atoms with Gasteiger partial charge in [0.25, 0.3) is 0 Å². The fraction of sp³-hybridized carbons (Fsp3) is 1.00. The molecule has 0 aliphatic carbocycles. The van der Waals surface area contributed by atoms with Gasteiger partial charge in [-0.1, -0.05) is 32.6 Å². The van der Waals surface area contributed by atoms with Crippen molar-refractivity contribution in [1.29, 1.82) is 0 Å². The molecule has 0 heterocycles. The van der Waals surface area contributed by atoms with Crippen LogP contribution in [0.2, 0.25) is 0 Å². The third-order valence-electron chi connectivity index (χ3n) is 2.86. The molecule has 0 fully saturated rings. The zero-order valence-corrected chi connectivity index (χ0v) is 15.1. The molecule has 0 aliphatic rings. The first-order chi connectivity index (χ1) is 7.38. The molecule has 0 bridgehead atoms. The van der Waals surface area contributed by atoms with Gasteiger partial charge in [0.2, 0.25) is 0 Å². The van der Waals surface area contributed by atoms with Gasteiger partial charge in [-0.2, -0.15) is 0 Å². The summed E-state index contributed by atoms with van der Waals surface area (Å²) in [6.07, 6.45) is 5.48. The van der Waals surface area contributed by atoms with Crippen molar-refractivity contribution in [3.05, 3.63) is 0 Å². The van der Waals surface area contributed by atoms with E-state index in [9.17, 15) is 18.1 Å². The van der Waals surface area contributed by atoms with Crippen molar-refractivity contribution >= 4 is 10.1 Å². The fourth-order valence-electron chi connectivity index (χ4n) is 1.51. The van der Waals surface area contributed by atoms with Gasteiger partial charge in [-0.3, -0.25) is 0 Å². The second-order valence-electron chi connectivity index (χ2n) is 4.36. The second-order valence-corrected chi connectivity index (χ2v) is 6.15. The van der Waals surface area contributed by atoms with Crippen LogP contribution in [0.25, 0.3) is 0 Å². The van der Waals surface area contributed by atoms with E-state index in [0.717, 1.165) is 38.5 Å². The molecule has 0 amide bonds. The number of unbranched alkanes of at least 4 members (excludes halogenated alkanes) is 3. The molecule has 0 spiro atoms. The van der Waals surface area contributed by atoms with E-state index in [1.807, 2.05) is 6.92 Å². The molecule has 2 unspecified atom stereocenters. The Balaban J connectivity index is 0. The summed E-state index contributed by atoms with van der Waals surface area (Å²) in [5, 5.41) is 8.52. The molecule has 2 atom stereocenters. The van der Waals surface area contributed by atoms with Crippen LogP contribution in [0.3, 0.4) is 0 Å². The van der Waals surface area contributed by atoms with Gasteiger partial charge in [-0.25, -0.2) is 8.42 Å². The maximum absolute atomic E-state index is 10.6. The van der Waals surface area contributed by atoms with Crippen LogP contribution in [0.4, 0.5) is 0 Å². The van der Waals surface area contributed by atoms with E-state index >= 15 is 0 Å². The third kappa shape index (κ3) is 12.3. The van der Waals surface area contributed by atoms with E-state index in [4.69, 9.17) is 0 Å². The van der Waals surface area contributed by atoms with Crippen molar-refractivity contribution in [1.82, 2.24) is 0 Å². The molecule has 0 aliphatic heterocycles. The maximum atomic E-state index is 10.6. The van der Waals surface area contributed by atoms with Gasteiger partial charge in [0.05, 0.1) is 16.2 Å². The Morgan fingerprint density at radius 3 is 2.00 bits per heavy atom. The van der Waals surface area contributed by atoms with E-state index < -0.39 is 15.4 Å². The summed E-state index contributed by atoms with van der Waals surface area (Å²) in [6, 6.07) is 0. The van der Waals surface area contributed by atoms with Crippen LogP contribution in [-0.2, 0) is 10.1 Å². The maximum Gasteiger partial charge on any atom is 1.00 e. The molecular formula is C11H23KO4S. The molecule has 0 saturated carbocycles. The van der Waals surface area contributed by atoms with Crippen LogP contribution in [-0.4, -0.2) is 29.4 Å². The van der Waals surface area contributed by atoms with Gasteiger partial charge in [0.15, 0.2) is 0 Å². The van der Waals surface area contributed by atoms with Gasteiger partial charge in [-0.15, -0.1) is 0 Å². The number of aliphatic hydroxyl groups excluding tert-OH is 1. The molecule has 4 nitrogen and oxygen atoms in total. The average molecular weight is 290 g/mol. The Bertz CT molecular complexity index is 267. The summed E-state index contributed by atoms with van der Waals surface area (Å²) in [6.45, 7) is 3.41. The Morgan fingerprint density at radius 1 is 1.12 bits per heavy atom. The first-order valence-corrected chi connectivity index (χ1v) is 7.47. The van der Waals surface area contributed by atoms with Crippen LogP contribution in [0.1, 0.15) is 58.8 Å². The molecule has 0 aromatic rings. The van der Waals surface area contributed by atoms with Crippen molar-refractivity contribution in [3.8, 4) is 0 Å². The van der Waals surface area contributed by atoms with Crippen molar-refractivity contribution in [3.63, 3.8) is 0 Å². The quantitative estimate of drug-likeness (QED) is 0.337. The number of hydrogen-bond acceptors (Lipinski definition) is 4. The predicted molar refractivity (Wildman–Crippen MR) is 63.2 cm³/mol.